The zero-order valence-electron chi connectivity index (χ0n) is 12.4. The molecule has 0 amide bonds. The number of rotatable bonds is 4. The molecule has 0 radical (unpaired) electrons. The summed E-state index contributed by atoms with van der Waals surface area (Å²) < 4.78 is 2.04. The number of halogens is 2. The summed E-state index contributed by atoms with van der Waals surface area (Å²) >= 11 is 13.2. The lowest BCUT2D eigenvalue weighted by molar-refractivity contribution is 0.505. The van der Waals surface area contributed by atoms with Gasteiger partial charge in [-0.25, -0.2) is 0 Å². The molecule has 2 nitrogen and oxygen atoms in total. The molecule has 112 valence electrons. The van der Waals surface area contributed by atoms with E-state index in [2.05, 4.69) is 43.2 Å². The lowest BCUT2D eigenvalue weighted by Crippen LogP contribution is -2.12. The van der Waals surface area contributed by atoms with Crippen LogP contribution in [0.4, 0.5) is 0 Å². The van der Waals surface area contributed by atoms with Crippen LogP contribution in [0.15, 0.2) is 24.3 Å². The molecule has 2 unspecified atom stereocenters. The van der Waals surface area contributed by atoms with Crippen molar-refractivity contribution in [1.29, 1.82) is 0 Å². The Morgan fingerprint density at radius 3 is 2.71 bits per heavy atom. The van der Waals surface area contributed by atoms with Gasteiger partial charge in [0.15, 0.2) is 0 Å². The van der Waals surface area contributed by atoms with Crippen LogP contribution in [0, 0.1) is 5.92 Å². The van der Waals surface area contributed by atoms with Crippen molar-refractivity contribution in [2.24, 2.45) is 5.92 Å². The van der Waals surface area contributed by atoms with Crippen LogP contribution in [0.1, 0.15) is 41.7 Å². The molecule has 0 aliphatic heterocycles. The number of fused-ring (bicyclic) bond motifs is 1. The molecular weight excluding hydrogens is 303 g/mol. The molecule has 1 aliphatic rings. The number of alkyl halides is 1. The highest BCUT2D eigenvalue weighted by atomic mass is 35.5. The second-order valence-corrected chi connectivity index (χ2v) is 6.49. The van der Waals surface area contributed by atoms with Crippen molar-refractivity contribution < 1.29 is 0 Å². The third-order valence-electron chi connectivity index (χ3n) is 4.40. The predicted octanol–water partition coefficient (Wildman–Crippen LogP) is 4.81. The molecular formula is C17H20Cl2N2. The van der Waals surface area contributed by atoms with Crippen LogP contribution in [0.5, 0.6) is 0 Å². The molecule has 1 aromatic carbocycles. The monoisotopic (exact) mass is 322 g/mol. The third kappa shape index (κ3) is 2.60. The molecule has 2 aromatic rings. The van der Waals surface area contributed by atoms with E-state index in [1.807, 2.05) is 4.68 Å². The summed E-state index contributed by atoms with van der Waals surface area (Å²) in [5.74, 6) is 0.397. The Morgan fingerprint density at radius 2 is 2.05 bits per heavy atom. The summed E-state index contributed by atoms with van der Waals surface area (Å²) in [5, 5.41) is 5.51. The van der Waals surface area contributed by atoms with Gasteiger partial charge < -0.3 is 0 Å². The fraction of sp³-hybridized carbons (Fsp3) is 0.471. The van der Waals surface area contributed by atoms with Gasteiger partial charge in [0.1, 0.15) is 0 Å². The van der Waals surface area contributed by atoms with Crippen molar-refractivity contribution >= 4 is 23.2 Å². The van der Waals surface area contributed by atoms with Gasteiger partial charge >= 0.3 is 0 Å². The standard InChI is InChI=1S/C17H20Cl2N2/c1-3-14-17(19)15(21(4-2)20-14)10-12-9-11-7-5-6-8-13(11)16(12)18/h5-8,12,16H,3-4,9-10H2,1-2H3. The van der Waals surface area contributed by atoms with E-state index in [9.17, 15) is 0 Å². The number of hydrogen-bond acceptors (Lipinski definition) is 1. The summed E-state index contributed by atoms with van der Waals surface area (Å²) in [4.78, 5) is 0. The molecule has 2 atom stereocenters. The van der Waals surface area contributed by atoms with E-state index in [1.54, 1.807) is 0 Å². The minimum atomic E-state index is 0.0718. The molecule has 0 saturated heterocycles. The van der Waals surface area contributed by atoms with Crippen molar-refractivity contribution in [3.63, 3.8) is 0 Å². The summed E-state index contributed by atoms with van der Waals surface area (Å²) in [5.41, 5.74) is 4.78. The number of benzene rings is 1. The summed E-state index contributed by atoms with van der Waals surface area (Å²) in [6, 6.07) is 8.47. The molecule has 1 heterocycles. The number of aryl methyl sites for hydroxylation is 2. The predicted molar refractivity (Wildman–Crippen MR) is 88.2 cm³/mol. The van der Waals surface area contributed by atoms with E-state index < -0.39 is 0 Å². The van der Waals surface area contributed by atoms with Crippen LogP contribution >= 0.6 is 23.2 Å². The van der Waals surface area contributed by atoms with Gasteiger partial charge in [0.25, 0.3) is 0 Å². The van der Waals surface area contributed by atoms with Gasteiger partial charge in [-0.3, -0.25) is 4.68 Å². The Bertz CT molecular complexity index is 648. The van der Waals surface area contributed by atoms with Crippen molar-refractivity contribution in [1.82, 2.24) is 9.78 Å². The van der Waals surface area contributed by atoms with Crippen molar-refractivity contribution in [3.05, 3.63) is 51.8 Å². The smallest absolute Gasteiger partial charge is 0.0849 e. The average Bonchev–Trinajstić information content (AvgIpc) is 2.99. The SMILES string of the molecule is CCc1nn(CC)c(CC2Cc3ccccc3C2Cl)c1Cl. The lowest BCUT2D eigenvalue weighted by Gasteiger charge is -2.15. The number of hydrogen-bond donors (Lipinski definition) is 0. The molecule has 0 saturated carbocycles. The first-order chi connectivity index (χ1) is 10.2. The minimum Gasteiger partial charge on any atom is -0.268 e. The molecule has 0 bridgehead atoms. The maximum Gasteiger partial charge on any atom is 0.0849 e. The van der Waals surface area contributed by atoms with Crippen LogP contribution in [0.2, 0.25) is 5.02 Å². The van der Waals surface area contributed by atoms with Gasteiger partial charge in [-0.1, -0.05) is 42.8 Å². The van der Waals surface area contributed by atoms with Crippen LogP contribution in [0.3, 0.4) is 0 Å². The van der Waals surface area contributed by atoms with Crippen LogP contribution in [-0.2, 0) is 25.8 Å². The van der Waals surface area contributed by atoms with Gasteiger partial charge in [-0.05, 0) is 43.2 Å². The molecule has 1 aliphatic carbocycles. The van der Waals surface area contributed by atoms with Crippen LogP contribution < -0.4 is 0 Å². The van der Waals surface area contributed by atoms with E-state index in [4.69, 9.17) is 23.2 Å². The summed E-state index contributed by atoms with van der Waals surface area (Å²) in [6.45, 7) is 5.04. The first-order valence-corrected chi connectivity index (χ1v) is 8.43. The van der Waals surface area contributed by atoms with Crippen molar-refractivity contribution in [3.8, 4) is 0 Å². The van der Waals surface area contributed by atoms with Gasteiger partial charge in [-0.2, -0.15) is 5.10 Å². The molecule has 3 rings (SSSR count). The van der Waals surface area contributed by atoms with E-state index in [-0.39, 0.29) is 5.38 Å². The highest BCUT2D eigenvalue weighted by Gasteiger charge is 2.32. The van der Waals surface area contributed by atoms with Crippen LogP contribution in [-0.4, -0.2) is 9.78 Å². The third-order valence-corrected chi connectivity index (χ3v) is 5.43. The van der Waals surface area contributed by atoms with Gasteiger partial charge in [0.05, 0.1) is 21.8 Å². The van der Waals surface area contributed by atoms with E-state index in [0.29, 0.717) is 5.92 Å². The molecule has 0 spiro atoms. The van der Waals surface area contributed by atoms with E-state index in [0.717, 1.165) is 42.2 Å². The average molecular weight is 323 g/mol. The molecule has 21 heavy (non-hydrogen) atoms. The lowest BCUT2D eigenvalue weighted by atomic mass is 9.99. The topological polar surface area (TPSA) is 17.8 Å². The second-order valence-electron chi connectivity index (χ2n) is 5.65. The quantitative estimate of drug-likeness (QED) is 0.738. The molecule has 4 heteroatoms. The second kappa shape index (κ2) is 6.02. The maximum atomic E-state index is 6.67. The van der Waals surface area contributed by atoms with E-state index in [1.165, 1.54) is 11.1 Å². The zero-order valence-corrected chi connectivity index (χ0v) is 14.0. The summed E-state index contributed by atoms with van der Waals surface area (Å²) in [7, 11) is 0. The van der Waals surface area contributed by atoms with Crippen molar-refractivity contribution in [2.45, 2.75) is 45.0 Å². The van der Waals surface area contributed by atoms with Gasteiger partial charge in [0, 0.05) is 6.54 Å². The van der Waals surface area contributed by atoms with Crippen molar-refractivity contribution in [2.75, 3.05) is 0 Å². The highest BCUT2D eigenvalue weighted by molar-refractivity contribution is 6.32. The summed E-state index contributed by atoms with van der Waals surface area (Å²) in [6.07, 6.45) is 2.79. The largest absolute Gasteiger partial charge is 0.268 e. The first kappa shape index (κ1) is 14.9. The zero-order chi connectivity index (χ0) is 15.0. The Balaban J connectivity index is 1.87. The first-order valence-electron chi connectivity index (χ1n) is 7.61. The molecule has 0 fully saturated rings. The van der Waals surface area contributed by atoms with Crippen LogP contribution in [0.25, 0.3) is 0 Å². The minimum absolute atomic E-state index is 0.0718. The number of nitrogens with zero attached hydrogens (tertiary/aromatic N) is 2. The maximum absolute atomic E-state index is 6.67. The Hall–Kier alpha value is -0.990. The molecule has 0 N–H and O–H groups in total. The Morgan fingerprint density at radius 1 is 1.29 bits per heavy atom. The highest BCUT2D eigenvalue weighted by Crippen LogP contribution is 2.43. The normalized spacial score (nSPS) is 20.8. The van der Waals surface area contributed by atoms with Gasteiger partial charge in [-0.15, -0.1) is 11.6 Å². The molecule has 1 aromatic heterocycles. The van der Waals surface area contributed by atoms with E-state index >= 15 is 0 Å². The van der Waals surface area contributed by atoms with Gasteiger partial charge in [0.2, 0.25) is 0 Å². The Kier molecular flexibility index (Phi) is 4.28. The fourth-order valence-corrected chi connectivity index (χ4v) is 4.00. The number of aromatic nitrogens is 2. The Labute approximate surface area is 136 Å². The fourth-order valence-electron chi connectivity index (χ4n) is 3.27.